The Morgan fingerprint density at radius 1 is 1.25 bits per heavy atom. The first-order valence-electron chi connectivity index (χ1n) is 4.75. The SMILES string of the molecule is COC1CCN(C2CN(C)C2)C1. The van der Waals surface area contributed by atoms with E-state index in [1.54, 1.807) is 0 Å². The summed E-state index contributed by atoms with van der Waals surface area (Å²) in [5.74, 6) is 0. The molecule has 2 aliphatic heterocycles. The number of hydrogen-bond donors (Lipinski definition) is 0. The van der Waals surface area contributed by atoms with Crippen molar-refractivity contribution >= 4 is 0 Å². The van der Waals surface area contributed by atoms with E-state index in [1.807, 2.05) is 7.11 Å². The second-order valence-electron chi connectivity index (χ2n) is 4.02. The molecule has 0 aromatic heterocycles. The molecule has 0 radical (unpaired) electrons. The van der Waals surface area contributed by atoms with E-state index in [9.17, 15) is 0 Å². The van der Waals surface area contributed by atoms with Crippen LogP contribution in [0.5, 0.6) is 0 Å². The number of nitrogens with zero attached hydrogens (tertiary/aromatic N) is 2. The summed E-state index contributed by atoms with van der Waals surface area (Å²) in [7, 11) is 4.00. The third kappa shape index (κ3) is 1.49. The molecular weight excluding hydrogens is 152 g/mol. The molecular formula is C9H18N2O. The summed E-state index contributed by atoms with van der Waals surface area (Å²) in [6.45, 7) is 4.87. The van der Waals surface area contributed by atoms with Crippen molar-refractivity contribution in [3.8, 4) is 0 Å². The Bertz CT molecular complexity index is 157. The minimum Gasteiger partial charge on any atom is -0.380 e. The van der Waals surface area contributed by atoms with Gasteiger partial charge in [0.05, 0.1) is 6.10 Å². The van der Waals surface area contributed by atoms with Crippen molar-refractivity contribution in [3.63, 3.8) is 0 Å². The second-order valence-corrected chi connectivity index (χ2v) is 4.02. The van der Waals surface area contributed by atoms with Crippen LogP contribution in [0.2, 0.25) is 0 Å². The van der Waals surface area contributed by atoms with Crippen LogP contribution in [-0.2, 0) is 4.74 Å². The zero-order valence-electron chi connectivity index (χ0n) is 7.99. The smallest absolute Gasteiger partial charge is 0.0710 e. The highest BCUT2D eigenvalue weighted by molar-refractivity contribution is 4.90. The van der Waals surface area contributed by atoms with E-state index in [2.05, 4.69) is 16.8 Å². The Labute approximate surface area is 74.3 Å². The first-order valence-corrected chi connectivity index (χ1v) is 4.75. The minimum atomic E-state index is 0.496. The van der Waals surface area contributed by atoms with Gasteiger partial charge in [-0.2, -0.15) is 0 Å². The van der Waals surface area contributed by atoms with E-state index in [0.29, 0.717) is 6.10 Å². The maximum absolute atomic E-state index is 5.33. The summed E-state index contributed by atoms with van der Waals surface area (Å²) in [6.07, 6.45) is 1.72. The molecule has 3 heteroatoms. The number of ether oxygens (including phenoxy) is 1. The summed E-state index contributed by atoms with van der Waals surface area (Å²) in [5, 5.41) is 0. The molecule has 1 atom stereocenters. The molecule has 0 bridgehead atoms. The van der Waals surface area contributed by atoms with Gasteiger partial charge in [-0.1, -0.05) is 0 Å². The van der Waals surface area contributed by atoms with Crippen molar-refractivity contribution in [1.29, 1.82) is 0 Å². The average Bonchev–Trinajstić information content (AvgIpc) is 2.46. The van der Waals surface area contributed by atoms with E-state index in [1.165, 1.54) is 26.1 Å². The van der Waals surface area contributed by atoms with Crippen molar-refractivity contribution in [3.05, 3.63) is 0 Å². The number of hydrogen-bond acceptors (Lipinski definition) is 3. The van der Waals surface area contributed by atoms with Gasteiger partial charge in [0, 0.05) is 39.3 Å². The molecule has 0 spiro atoms. The third-order valence-electron chi connectivity index (χ3n) is 3.07. The highest BCUT2D eigenvalue weighted by atomic mass is 16.5. The molecule has 0 N–H and O–H groups in total. The first-order chi connectivity index (χ1) is 5.79. The summed E-state index contributed by atoms with van der Waals surface area (Å²) in [4.78, 5) is 4.93. The molecule has 3 nitrogen and oxygen atoms in total. The van der Waals surface area contributed by atoms with Crippen LogP contribution in [0.1, 0.15) is 6.42 Å². The van der Waals surface area contributed by atoms with Crippen molar-refractivity contribution in [2.45, 2.75) is 18.6 Å². The van der Waals surface area contributed by atoms with Crippen LogP contribution in [0.15, 0.2) is 0 Å². The predicted molar refractivity (Wildman–Crippen MR) is 48.3 cm³/mol. The first kappa shape index (κ1) is 8.48. The van der Waals surface area contributed by atoms with Crippen LogP contribution in [0.3, 0.4) is 0 Å². The quantitative estimate of drug-likeness (QED) is 0.581. The Morgan fingerprint density at radius 3 is 2.50 bits per heavy atom. The number of methoxy groups -OCH3 is 1. The highest BCUT2D eigenvalue weighted by Crippen LogP contribution is 2.19. The highest BCUT2D eigenvalue weighted by Gasteiger charge is 2.33. The second kappa shape index (κ2) is 3.32. The average molecular weight is 170 g/mol. The van der Waals surface area contributed by atoms with Gasteiger partial charge in [-0.05, 0) is 13.5 Å². The molecule has 1 unspecified atom stereocenters. The van der Waals surface area contributed by atoms with E-state index in [4.69, 9.17) is 4.74 Å². The molecule has 2 heterocycles. The molecule has 0 aromatic rings. The molecule has 0 aliphatic carbocycles. The fraction of sp³-hybridized carbons (Fsp3) is 1.00. The zero-order chi connectivity index (χ0) is 8.55. The van der Waals surface area contributed by atoms with Gasteiger partial charge in [0.2, 0.25) is 0 Å². The summed E-state index contributed by atoms with van der Waals surface area (Å²) < 4.78 is 5.33. The van der Waals surface area contributed by atoms with Crippen molar-refractivity contribution < 1.29 is 4.74 Å². The Kier molecular flexibility index (Phi) is 2.35. The molecule has 0 saturated carbocycles. The van der Waals surface area contributed by atoms with Gasteiger partial charge < -0.3 is 9.64 Å². The minimum absolute atomic E-state index is 0.496. The Balaban J connectivity index is 1.76. The standard InChI is InChI=1S/C9H18N2O/c1-10-5-8(6-10)11-4-3-9(7-11)12-2/h8-9H,3-7H2,1-2H3. The van der Waals surface area contributed by atoms with E-state index < -0.39 is 0 Å². The van der Waals surface area contributed by atoms with Gasteiger partial charge in [0.1, 0.15) is 0 Å². The fourth-order valence-electron chi connectivity index (χ4n) is 2.17. The molecule has 2 rings (SSSR count). The maximum Gasteiger partial charge on any atom is 0.0710 e. The Hall–Kier alpha value is -0.120. The molecule has 12 heavy (non-hydrogen) atoms. The number of likely N-dealkylation sites (tertiary alicyclic amines) is 2. The summed E-state index contributed by atoms with van der Waals surface area (Å²) in [5.41, 5.74) is 0. The van der Waals surface area contributed by atoms with Gasteiger partial charge in [-0.25, -0.2) is 0 Å². The monoisotopic (exact) mass is 170 g/mol. The Morgan fingerprint density at radius 2 is 2.00 bits per heavy atom. The van der Waals surface area contributed by atoms with E-state index >= 15 is 0 Å². The summed E-state index contributed by atoms with van der Waals surface area (Å²) in [6, 6.07) is 0.815. The molecule has 2 saturated heterocycles. The van der Waals surface area contributed by atoms with Crippen LogP contribution in [-0.4, -0.2) is 62.3 Å². The van der Waals surface area contributed by atoms with Crippen molar-refractivity contribution in [2.75, 3.05) is 40.3 Å². The number of rotatable bonds is 2. The van der Waals surface area contributed by atoms with Crippen molar-refractivity contribution in [1.82, 2.24) is 9.80 Å². The summed E-state index contributed by atoms with van der Waals surface area (Å²) >= 11 is 0. The molecule has 0 aromatic carbocycles. The van der Waals surface area contributed by atoms with Crippen LogP contribution in [0.4, 0.5) is 0 Å². The fourth-order valence-corrected chi connectivity index (χ4v) is 2.17. The van der Waals surface area contributed by atoms with Gasteiger partial charge in [0.25, 0.3) is 0 Å². The largest absolute Gasteiger partial charge is 0.380 e. The van der Waals surface area contributed by atoms with Crippen LogP contribution >= 0.6 is 0 Å². The van der Waals surface area contributed by atoms with Gasteiger partial charge in [0.15, 0.2) is 0 Å². The zero-order valence-corrected chi connectivity index (χ0v) is 7.99. The molecule has 70 valence electrons. The van der Waals surface area contributed by atoms with Crippen LogP contribution in [0.25, 0.3) is 0 Å². The predicted octanol–water partition coefficient (Wildman–Crippen LogP) is 0.0211. The molecule has 2 fully saturated rings. The van der Waals surface area contributed by atoms with Crippen molar-refractivity contribution in [2.24, 2.45) is 0 Å². The normalized spacial score (nSPS) is 34.0. The van der Waals surface area contributed by atoms with E-state index in [0.717, 1.165) is 12.6 Å². The lowest BCUT2D eigenvalue weighted by atomic mass is 10.1. The van der Waals surface area contributed by atoms with Crippen LogP contribution in [0, 0.1) is 0 Å². The van der Waals surface area contributed by atoms with E-state index in [-0.39, 0.29) is 0 Å². The lowest BCUT2D eigenvalue weighted by molar-refractivity contribution is 0.0491. The lowest BCUT2D eigenvalue weighted by Gasteiger charge is -2.42. The third-order valence-corrected chi connectivity index (χ3v) is 3.07. The van der Waals surface area contributed by atoms with Gasteiger partial charge in [-0.3, -0.25) is 4.90 Å². The van der Waals surface area contributed by atoms with Crippen LogP contribution < -0.4 is 0 Å². The maximum atomic E-state index is 5.33. The molecule has 0 amide bonds. The topological polar surface area (TPSA) is 15.7 Å². The number of likely N-dealkylation sites (N-methyl/N-ethyl adjacent to an activating group) is 1. The van der Waals surface area contributed by atoms with Gasteiger partial charge in [-0.15, -0.1) is 0 Å². The van der Waals surface area contributed by atoms with Gasteiger partial charge >= 0.3 is 0 Å². The molecule has 2 aliphatic rings. The lowest BCUT2D eigenvalue weighted by Crippen LogP contribution is -2.57.